The Bertz CT molecular complexity index is 592. The first-order valence-electron chi connectivity index (χ1n) is 4.79. The van der Waals surface area contributed by atoms with Crippen LogP contribution in [0.5, 0.6) is 0 Å². The lowest BCUT2D eigenvalue weighted by Crippen LogP contribution is -2.00. The van der Waals surface area contributed by atoms with E-state index in [1.165, 1.54) is 29.3 Å². The standard InChI is InChI=1S/C9H6Br2F2N4S2/c1-18-9-16-15-8(7(12)13)17(9)14-3-4-2-5(10)6(11)19-4/h2-3,7H,1H3/b14-3-. The minimum absolute atomic E-state index is 0.321. The molecule has 0 fully saturated rings. The smallest absolute Gasteiger partial charge is 0.201 e. The molecule has 19 heavy (non-hydrogen) atoms. The van der Waals surface area contributed by atoms with Crippen LogP contribution >= 0.6 is 55.0 Å². The van der Waals surface area contributed by atoms with Gasteiger partial charge in [0.15, 0.2) is 0 Å². The zero-order valence-electron chi connectivity index (χ0n) is 9.35. The third-order valence-corrected chi connectivity index (χ3v) is 5.79. The molecule has 0 aliphatic rings. The second-order valence-electron chi connectivity index (χ2n) is 3.17. The van der Waals surface area contributed by atoms with Crippen molar-refractivity contribution in [3.8, 4) is 0 Å². The Morgan fingerprint density at radius 3 is 2.74 bits per heavy atom. The Kier molecular flexibility index (Phi) is 5.09. The third kappa shape index (κ3) is 3.41. The van der Waals surface area contributed by atoms with Crippen molar-refractivity contribution in [1.82, 2.24) is 14.9 Å². The Labute approximate surface area is 132 Å². The molecule has 0 unspecified atom stereocenters. The van der Waals surface area contributed by atoms with E-state index >= 15 is 0 Å². The first-order valence-corrected chi connectivity index (χ1v) is 8.42. The largest absolute Gasteiger partial charge is 0.299 e. The molecule has 0 radical (unpaired) electrons. The van der Waals surface area contributed by atoms with Gasteiger partial charge < -0.3 is 0 Å². The maximum atomic E-state index is 12.8. The SMILES string of the molecule is CSc1nnc(C(F)F)n1/N=C\c1cc(Br)c(Br)s1. The number of thioether (sulfide) groups is 1. The van der Waals surface area contributed by atoms with Crippen molar-refractivity contribution in [2.45, 2.75) is 11.6 Å². The molecule has 0 saturated carbocycles. The van der Waals surface area contributed by atoms with Gasteiger partial charge in [0.25, 0.3) is 6.43 Å². The zero-order valence-corrected chi connectivity index (χ0v) is 14.2. The molecule has 0 atom stereocenters. The fourth-order valence-corrected chi connectivity index (χ4v) is 3.58. The van der Waals surface area contributed by atoms with Crippen LogP contribution < -0.4 is 0 Å². The van der Waals surface area contributed by atoms with E-state index in [1.807, 2.05) is 6.07 Å². The van der Waals surface area contributed by atoms with Crippen molar-refractivity contribution in [2.24, 2.45) is 5.10 Å². The van der Waals surface area contributed by atoms with Gasteiger partial charge in [0, 0.05) is 9.35 Å². The molecular weight excluding hydrogens is 426 g/mol. The van der Waals surface area contributed by atoms with Crippen LogP contribution in [0.2, 0.25) is 0 Å². The van der Waals surface area contributed by atoms with E-state index in [-0.39, 0.29) is 0 Å². The molecule has 10 heteroatoms. The fourth-order valence-electron chi connectivity index (χ4n) is 1.19. The number of nitrogens with zero attached hydrogens (tertiary/aromatic N) is 4. The normalized spacial score (nSPS) is 11.9. The van der Waals surface area contributed by atoms with Crippen molar-refractivity contribution < 1.29 is 8.78 Å². The van der Waals surface area contributed by atoms with Crippen LogP contribution in [-0.2, 0) is 0 Å². The van der Waals surface area contributed by atoms with E-state index in [0.717, 1.165) is 17.8 Å². The van der Waals surface area contributed by atoms with Gasteiger partial charge in [-0.25, -0.2) is 8.78 Å². The van der Waals surface area contributed by atoms with Gasteiger partial charge in [-0.1, -0.05) is 11.8 Å². The number of hydrogen-bond donors (Lipinski definition) is 0. The summed E-state index contributed by atoms with van der Waals surface area (Å²) < 4.78 is 28.4. The highest BCUT2D eigenvalue weighted by Crippen LogP contribution is 2.31. The van der Waals surface area contributed by atoms with Crippen LogP contribution in [0.25, 0.3) is 0 Å². The molecule has 0 aliphatic carbocycles. The summed E-state index contributed by atoms with van der Waals surface area (Å²) in [5, 5.41) is 11.4. The van der Waals surface area contributed by atoms with Crippen molar-refractivity contribution >= 4 is 61.2 Å². The van der Waals surface area contributed by atoms with E-state index < -0.39 is 12.2 Å². The average molecular weight is 432 g/mol. The van der Waals surface area contributed by atoms with Gasteiger partial charge in [-0.05, 0) is 44.2 Å². The monoisotopic (exact) mass is 430 g/mol. The first-order chi connectivity index (χ1) is 9.02. The number of thiophene rings is 1. The third-order valence-electron chi connectivity index (χ3n) is 1.98. The fraction of sp³-hybridized carbons (Fsp3) is 0.222. The van der Waals surface area contributed by atoms with Gasteiger partial charge in [0.1, 0.15) is 0 Å². The van der Waals surface area contributed by atoms with E-state index in [1.54, 1.807) is 6.26 Å². The lowest BCUT2D eigenvalue weighted by molar-refractivity contribution is 0.135. The number of alkyl halides is 2. The van der Waals surface area contributed by atoms with Gasteiger partial charge in [0.05, 0.1) is 10.0 Å². The molecule has 0 bridgehead atoms. The molecular formula is C9H6Br2F2N4S2. The van der Waals surface area contributed by atoms with Crippen molar-refractivity contribution in [1.29, 1.82) is 0 Å². The molecule has 0 amide bonds. The van der Waals surface area contributed by atoms with Gasteiger partial charge in [0.2, 0.25) is 11.0 Å². The minimum Gasteiger partial charge on any atom is -0.201 e. The van der Waals surface area contributed by atoms with E-state index in [4.69, 9.17) is 0 Å². The molecule has 0 N–H and O–H groups in total. The number of aromatic nitrogens is 3. The highest BCUT2D eigenvalue weighted by Gasteiger charge is 2.19. The lowest BCUT2D eigenvalue weighted by atomic mass is 10.5. The van der Waals surface area contributed by atoms with Gasteiger partial charge in [-0.15, -0.1) is 21.5 Å². The Morgan fingerprint density at radius 1 is 1.47 bits per heavy atom. The van der Waals surface area contributed by atoms with E-state index in [9.17, 15) is 8.78 Å². The molecule has 0 spiro atoms. The Hall–Kier alpha value is -0.320. The van der Waals surface area contributed by atoms with Crippen molar-refractivity contribution in [2.75, 3.05) is 6.26 Å². The molecule has 0 saturated heterocycles. The summed E-state index contributed by atoms with van der Waals surface area (Å²) >= 11 is 9.34. The van der Waals surface area contributed by atoms with Crippen LogP contribution in [0.4, 0.5) is 8.78 Å². The predicted octanol–water partition coefficient (Wildman–Crippen LogP) is 4.41. The predicted molar refractivity (Wildman–Crippen MR) is 79.5 cm³/mol. The van der Waals surface area contributed by atoms with Crippen LogP contribution in [0.3, 0.4) is 0 Å². The van der Waals surface area contributed by atoms with Gasteiger partial charge in [-0.2, -0.15) is 9.78 Å². The lowest BCUT2D eigenvalue weighted by Gasteiger charge is -2.00. The number of hydrogen-bond acceptors (Lipinski definition) is 5. The highest BCUT2D eigenvalue weighted by atomic mass is 79.9. The second-order valence-corrected chi connectivity index (χ2v) is 7.20. The number of rotatable bonds is 4. The maximum Gasteiger partial charge on any atom is 0.299 e. The quantitative estimate of drug-likeness (QED) is 0.532. The molecule has 2 rings (SSSR count). The summed E-state index contributed by atoms with van der Waals surface area (Å²) in [5.74, 6) is -0.463. The summed E-state index contributed by atoms with van der Waals surface area (Å²) in [4.78, 5) is 0.819. The van der Waals surface area contributed by atoms with Crippen molar-refractivity contribution in [3.05, 3.63) is 25.0 Å². The van der Waals surface area contributed by atoms with Crippen LogP contribution in [0, 0.1) is 0 Å². The molecule has 4 nitrogen and oxygen atoms in total. The second kappa shape index (κ2) is 6.42. The summed E-state index contributed by atoms with van der Waals surface area (Å²) in [6.45, 7) is 0. The summed E-state index contributed by atoms with van der Waals surface area (Å²) in [6.07, 6.45) is 0.506. The van der Waals surface area contributed by atoms with Gasteiger partial charge in [-0.3, -0.25) is 0 Å². The van der Waals surface area contributed by atoms with Crippen LogP contribution in [0.1, 0.15) is 17.1 Å². The Balaban J connectivity index is 2.34. The number of halogens is 4. The Morgan fingerprint density at radius 2 is 2.21 bits per heavy atom. The molecule has 2 heterocycles. The topological polar surface area (TPSA) is 43.1 Å². The molecule has 0 aliphatic heterocycles. The molecule has 2 aromatic rings. The van der Waals surface area contributed by atoms with Crippen molar-refractivity contribution in [3.63, 3.8) is 0 Å². The van der Waals surface area contributed by atoms with Crippen LogP contribution in [-0.4, -0.2) is 27.3 Å². The maximum absolute atomic E-state index is 12.8. The first kappa shape index (κ1) is 15.1. The van der Waals surface area contributed by atoms with E-state index in [2.05, 4.69) is 47.2 Å². The summed E-state index contributed by atoms with van der Waals surface area (Å²) in [6, 6.07) is 1.84. The van der Waals surface area contributed by atoms with Gasteiger partial charge >= 0.3 is 0 Å². The summed E-state index contributed by atoms with van der Waals surface area (Å²) in [7, 11) is 0. The molecule has 0 aromatic carbocycles. The molecule has 102 valence electrons. The minimum atomic E-state index is -2.72. The molecule has 2 aromatic heterocycles. The highest BCUT2D eigenvalue weighted by molar-refractivity contribution is 9.13. The zero-order chi connectivity index (χ0) is 14.0. The summed E-state index contributed by atoms with van der Waals surface area (Å²) in [5.41, 5.74) is 0. The average Bonchev–Trinajstić information content (AvgIpc) is 2.91. The van der Waals surface area contributed by atoms with Crippen LogP contribution in [0.15, 0.2) is 24.6 Å². The van der Waals surface area contributed by atoms with E-state index in [0.29, 0.717) is 5.16 Å².